The number of fused-ring (bicyclic) bond motifs is 1. The van der Waals surface area contributed by atoms with Crippen molar-refractivity contribution < 1.29 is 4.74 Å². The zero-order valence-corrected chi connectivity index (χ0v) is 18.5. The lowest BCUT2D eigenvalue weighted by molar-refractivity contribution is 0.375. The average Bonchev–Trinajstić information content (AvgIpc) is 3.48. The van der Waals surface area contributed by atoms with E-state index in [-0.39, 0.29) is 0 Å². The Morgan fingerprint density at radius 2 is 2.10 bits per heavy atom. The smallest absolute Gasteiger partial charge is 0.213 e. The number of rotatable bonds is 11. The molecule has 0 atom stereocenters. The molecule has 0 bridgehead atoms. The molecule has 3 rings (SSSR count). The highest BCUT2D eigenvalue weighted by Crippen LogP contribution is 2.55. The third-order valence-corrected chi connectivity index (χ3v) is 5.26. The Labute approximate surface area is 180 Å². The Balaban J connectivity index is 1.73. The van der Waals surface area contributed by atoms with Crippen LogP contribution in [-0.4, -0.2) is 30.6 Å². The van der Waals surface area contributed by atoms with Gasteiger partial charge in [-0.25, -0.2) is 4.98 Å². The first-order valence-corrected chi connectivity index (χ1v) is 10.5. The molecule has 30 heavy (non-hydrogen) atoms. The van der Waals surface area contributed by atoms with Crippen molar-refractivity contribution in [1.82, 2.24) is 9.88 Å². The SMILES string of the molecule is C=CN(CCC(/C=C\C)=C/CC)Cc1cc2c(cc1NC)N2c1ccc(OC)nc1. The van der Waals surface area contributed by atoms with E-state index >= 15 is 0 Å². The molecule has 0 fully saturated rings. The van der Waals surface area contributed by atoms with Crippen LogP contribution in [0.25, 0.3) is 0 Å². The lowest BCUT2D eigenvalue weighted by Crippen LogP contribution is -2.18. The van der Waals surface area contributed by atoms with E-state index in [1.807, 2.05) is 31.6 Å². The number of aromatic nitrogens is 1. The van der Waals surface area contributed by atoms with Crippen molar-refractivity contribution in [2.45, 2.75) is 33.2 Å². The molecular weight excluding hydrogens is 372 g/mol. The summed E-state index contributed by atoms with van der Waals surface area (Å²) in [5.41, 5.74) is 7.25. The van der Waals surface area contributed by atoms with Crippen LogP contribution in [0, 0.1) is 0 Å². The number of anilines is 4. The Bertz CT molecular complexity index is 931. The minimum atomic E-state index is 0.622. The Morgan fingerprint density at radius 1 is 1.30 bits per heavy atom. The second-order valence-corrected chi connectivity index (χ2v) is 7.23. The topological polar surface area (TPSA) is 40.4 Å². The monoisotopic (exact) mass is 404 g/mol. The normalized spacial score (nSPS) is 12.7. The largest absolute Gasteiger partial charge is 0.481 e. The third kappa shape index (κ3) is 4.85. The molecule has 1 aromatic heterocycles. The first-order chi connectivity index (χ1) is 14.6. The van der Waals surface area contributed by atoms with Gasteiger partial charge in [0, 0.05) is 31.9 Å². The Morgan fingerprint density at radius 3 is 2.70 bits per heavy atom. The van der Waals surface area contributed by atoms with Crippen LogP contribution in [-0.2, 0) is 6.54 Å². The van der Waals surface area contributed by atoms with Gasteiger partial charge in [-0.15, -0.1) is 0 Å². The predicted molar refractivity (Wildman–Crippen MR) is 127 cm³/mol. The van der Waals surface area contributed by atoms with Gasteiger partial charge in [0.05, 0.1) is 30.4 Å². The van der Waals surface area contributed by atoms with Gasteiger partial charge < -0.3 is 19.9 Å². The van der Waals surface area contributed by atoms with E-state index in [9.17, 15) is 0 Å². The standard InChI is InChI=1S/C25H32N4O/c1-6-9-19(10-7-2)13-14-28(8-3)18-20-15-23-24(16-22(20)26-4)29(23)21-11-12-25(30-5)27-17-21/h6,8-12,15-17,26H,3,7,13-14,18H2,1-2,4-5H3/b9-6-,19-10+. The number of methoxy groups -OCH3 is 1. The van der Waals surface area contributed by atoms with Crippen molar-refractivity contribution in [3.8, 4) is 5.88 Å². The summed E-state index contributed by atoms with van der Waals surface area (Å²) in [6.07, 6.45) is 12.4. The fraction of sp³-hybridized carbons (Fsp3) is 0.320. The molecule has 1 N–H and O–H groups in total. The van der Waals surface area contributed by atoms with E-state index in [0.29, 0.717) is 5.88 Å². The highest BCUT2D eigenvalue weighted by atomic mass is 16.5. The summed E-state index contributed by atoms with van der Waals surface area (Å²) in [6, 6.07) is 8.39. The molecule has 1 aliphatic heterocycles. The van der Waals surface area contributed by atoms with Crippen molar-refractivity contribution in [1.29, 1.82) is 0 Å². The van der Waals surface area contributed by atoms with E-state index in [2.05, 4.69) is 70.9 Å². The Hall–Kier alpha value is -3.21. The first-order valence-electron chi connectivity index (χ1n) is 10.5. The summed E-state index contributed by atoms with van der Waals surface area (Å²) in [4.78, 5) is 8.81. The molecule has 158 valence electrons. The van der Waals surface area contributed by atoms with Gasteiger partial charge in [-0.3, -0.25) is 0 Å². The van der Waals surface area contributed by atoms with E-state index in [4.69, 9.17) is 4.74 Å². The number of nitrogens with zero attached hydrogens (tertiary/aromatic N) is 3. The minimum Gasteiger partial charge on any atom is -0.481 e. The molecular formula is C25H32N4O. The second kappa shape index (κ2) is 10.0. The van der Waals surface area contributed by atoms with Crippen LogP contribution in [0.3, 0.4) is 0 Å². The van der Waals surface area contributed by atoms with E-state index in [1.165, 1.54) is 22.5 Å². The van der Waals surface area contributed by atoms with Crippen molar-refractivity contribution >= 4 is 22.7 Å². The molecule has 1 aromatic carbocycles. The number of benzene rings is 1. The molecule has 5 heteroatoms. The molecule has 1 aliphatic rings. The minimum absolute atomic E-state index is 0.622. The molecule has 0 radical (unpaired) electrons. The lowest BCUT2D eigenvalue weighted by atomic mass is 10.1. The second-order valence-electron chi connectivity index (χ2n) is 7.23. The van der Waals surface area contributed by atoms with E-state index in [0.717, 1.165) is 37.3 Å². The molecule has 0 amide bonds. The maximum absolute atomic E-state index is 5.17. The highest BCUT2D eigenvalue weighted by Gasteiger charge is 2.32. The lowest BCUT2D eigenvalue weighted by Gasteiger charge is -2.21. The maximum Gasteiger partial charge on any atom is 0.213 e. The fourth-order valence-corrected chi connectivity index (χ4v) is 3.66. The first kappa shape index (κ1) is 21.5. The third-order valence-electron chi connectivity index (χ3n) is 5.26. The van der Waals surface area contributed by atoms with Crippen molar-refractivity contribution in [2.24, 2.45) is 0 Å². The zero-order valence-electron chi connectivity index (χ0n) is 18.5. The maximum atomic E-state index is 5.17. The fourth-order valence-electron chi connectivity index (χ4n) is 3.66. The quantitative estimate of drug-likeness (QED) is 0.306. The summed E-state index contributed by atoms with van der Waals surface area (Å²) in [5, 5.41) is 3.35. The summed E-state index contributed by atoms with van der Waals surface area (Å²) >= 11 is 0. The molecule has 2 aromatic rings. The number of hydrogen-bond donors (Lipinski definition) is 1. The van der Waals surface area contributed by atoms with Gasteiger partial charge >= 0.3 is 0 Å². The van der Waals surface area contributed by atoms with Crippen molar-refractivity contribution in [3.63, 3.8) is 0 Å². The number of pyridine rings is 1. The highest BCUT2D eigenvalue weighted by molar-refractivity contribution is 6.02. The van der Waals surface area contributed by atoms with Gasteiger partial charge in [-0.1, -0.05) is 37.3 Å². The average molecular weight is 405 g/mol. The van der Waals surface area contributed by atoms with Crippen molar-refractivity contribution in [3.05, 3.63) is 72.6 Å². The summed E-state index contributed by atoms with van der Waals surface area (Å²) in [7, 11) is 3.60. The van der Waals surface area contributed by atoms with Gasteiger partial charge in [0.1, 0.15) is 0 Å². The number of ether oxygens (including phenoxy) is 1. The predicted octanol–water partition coefficient (Wildman–Crippen LogP) is 6.16. The summed E-state index contributed by atoms with van der Waals surface area (Å²) in [5.74, 6) is 0.622. The van der Waals surface area contributed by atoms with Gasteiger partial charge in [-0.05, 0) is 49.7 Å². The number of allylic oxidation sites excluding steroid dienone is 3. The van der Waals surface area contributed by atoms with E-state index in [1.54, 1.807) is 7.11 Å². The van der Waals surface area contributed by atoms with E-state index < -0.39 is 0 Å². The van der Waals surface area contributed by atoms with Crippen LogP contribution < -0.4 is 15.0 Å². The van der Waals surface area contributed by atoms with Crippen LogP contribution in [0.5, 0.6) is 5.88 Å². The number of nitrogens with one attached hydrogen (secondary N) is 1. The van der Waals surface area contributed by atoms with Gasteiger partial charge in [0.15, 0.2) is 0 Å². The van der Waals surface area contributed by atoms with Crippen LogP contribution in [0.15, 0.2) is 67.0 Å². The zero-order chi connectivity index (χ0) is 21.5. The van der Waals surface area contributed by atoms with Crippen LogP contribution in [0.4, 0.5) is 22.7 Å². The van der Waals surface area contributed by atoms with Crippen LogP contribution in [0.1, 0.15) is 32.3 Å². The molecule has 0 aliphatic carbocycles. The molecule has 2 heterocycles. The van der Waals surface area contributed by atoms with Crippen LogP contribution >= 0.6 is 0 Å². The summed E-state index contributed by atoms with van der Waals surface area (Å²) in [6.45, 7) is 10.0. The van der Waals surface area contributed by atoms with Crippen LogP contribution in [0.2, 0.25) is 0 Å². The van der Waals surface area contributed by atoms with Crippen molar-refractivity contribution in [2.75, 3.05) is 30.9 Å². The van der Waals surface area contributed by atoms with Gasteiger partial charge in [0.2, 0.25) is 5.88 Å². The summed E-state index contributed by atoms with van der Waals surface area (Å²) < 4.78 is 5.17. The van der Waals surface area contributed by atoms with Gasteiger partial charge in [0.25, 0.3) is 0 Å². The molecule has 0 unspecified atom stereocenters. The number of hydrogen-bond acceptors (Lipinski definition) is 5. The molecule has 0 saturated carbocycles. The molecule has 5 nitrogen and oxygen atoms in total. The molecule has 0 saturated heterocycles. The van der Waals surface area contributed by atoms with Gasteiger partial charge in [-0.2, -0.15) is 0 Å². The Kier molecular flexibility index (Phi) is 7.17. The molecule has 0 spiro atoms.